The van der Waals surface area contributed by atoms with E-state index in [0.29, 0.717) is 11.5 Å². The second-order valence-corrected chi connectivity index (χ2v) is 5.91. The van der Waals surface area contributed by atoms with Crippen molar-refractivity contribution in [3.8, 4) is 0 Å². The lowest BCUT2D eigenvalue weighted by Gasteiger charge is -2.10. The van der Waals surface area contributed by atoms with Crippen molar-refractivity contribution in [3.63, 3.8) is 0 Å². The number of benzene rings is 1. The molecule has 0 aliphatic carbocycles. The summed E-state index contributed by atoms with van der Waals surface area (Å²) in [5, 5.41) is 5.96. The normalized spacial score (nSPS) is 10.5. The summed E-state index contributed by atoms with van der Waals surface area (Å²) in [6.07, 6.45) is 3.02. The summed E-state index contributed by atoms with van der Waals surface area (Å²) in [6, 6.07) is 6.00. The van der Waals surface area contributed by atoms with Gasteiger partial charge in [0.25, 0.3) is 5.91 Å². The molecule has 0 radical (unpaired) electrons. The van der Waals surface area contributed by atoms with Gasteiger partial charge in [-0.3, -0.25) is 4.79 Å². The molecule has 2 rings (SSSR count). The highest BCUT2D eigenvalue weighted by Crippen LogP contribution is 2.22. The summed E-state index contributed by atoms with van der Waals surface area (Å²) in [5.74, 6) is 0.380. The second-order valence-electron chi connectivity index (χ2n) is 5.00. The van der Waals surface area contributed by atoms with E-state index in [2.05, 4.69) is 36.5 Å². The summed E-state index contributed by atoms with van der Waals surface area (Å²) in [4.78, 5) is 20.1. The molecule has 0 spiro atoms. The van der Waals surface area contributed by atoms with Gasteiger partial charge in [-0.1, -0.05) is 15.9 Å². The smallest absolute Gasteiger partial charge is 0.271 e. The Kier molecular flexibility index (Phi) is 4.90. The summed E-state index contributed by atoms with van der Waals surface area (Å²) in [5.41, 5.74) is 2.35. The van der Waals surface area contributed by atoms with Gasteiger partial charge < -0.3 is 10.6 Å². The van der Waals surface area contributed by atoms with Crippen LogP contribution < -0.4 is 10.6 Å². The molecule has 0 fully saturated rings. The molecule has 1 heterocycles. The van der Waals surface area contributed by atoms with Crippen molar-refractivity contribution in [2.24, 2.45) is 0 Å². The number of carbonyl (C=O) groups excluding carboxylic acids is 1. The Morgan fingerprint density at radius 2 is 2.00 bits per heavy atom. The average Bonchev–Trinajstić information content (AvgIpc) is 2.42. The van der Waals surface area contributed by atoms with Crippen molar-refractivity contribution < 1.29 is 4.79 Å². The lowest BCUT2D eigenvalue weighted by molar-refractivity contribution is 0.0937. The fourth-order valence-electron chi connectivity index (χ4n) is 1.75. The van der Waals surface area contributed by atoms with Crippen molar-refractivity contribution in [2.75, 3.05) is 5.32 Å². The van der Waals surface area contributed by atoms with E-state index < -0.39 is 0 Å². The number of anilines is 2. The molecule has 0 aliphatic rings. The Morgan fingerprint density at radius 1 is 1.24 bits per heavy atom. The molecule has 0 saturated carbocycles. The average molecular weight is 349 g/mol. The van der Waals surface area contributed by atoms with E-state index in [0.717, 1.165) is 15.7 Å². The van der Waals surface area contributed by atoms with Gasteiger partial charge in [0.15, 0.2) is 0 Å². The first-order valence-corrected chi connectivity index (χ1v) is 7.41. The molecule has 1 aromatic carbocycles. The Balaban J connectivity index is 2.10. The maximum Gasteiger partial charge on any atom is 0.271 e. The molecule has 0 unspecified atom stereocenters. The van der Waals surface area contributed by atoms with Crippen LogP contribution in [0.15, 0.2) is 35.1 Å². The van der Waals surface area contributed by atoms with Gasteiger partial charge in [0.05, 0.1) is 12.4 Å². The minimum Gasteiger partial charge on any atom is -0.348 e. The van der Waals surface area contributed by atoms with Crippen LogP contribution in [0, 0.1) is 6.92 Å². The van der Waals surface area contributed by atoms with Crippen LogP contribution in [0.5, 0.6) is 0 Å². The lowest BCUT2D eigenvalue weighted by Crippen LogP contribution is -2.30. The number of carbonyl (C=O) groups is 1. The third-order valence-electron chi connectivity index (χ3n) is 2.76. The van der Waals surface area contributed by atoms with Crippen LogP contribution in [0.25, 0.3) is 0 Å². The SMILES string of the molecule is Cc1cc(Br)ccc1Nc1cnc(C(=O)NC(C)C)cn1. The zero-order chi connectivity index (χ0) is 15.4. The molecular formula is C15H17BrN4O. The minimum absolute atomic E-state index is 0.0718. The van der Waals surface area contributed by atoms with Gasteiger partial charge in [0.1, 0.15) is 11.5 Å². The van der Waals surface area contributed by atoms with E-state index >= 15 is 0 Å². The Morgan fingerprint density at radius 3 is 2.57 bits per heavy atom. The van der Waals surface area contributed by atoms with E-state index in [1.165, 1.54) is 6.20 Å². The molecule has 5 nitrogen and oxygen atoms in total. The van der Waals surface area contributed by atoms with Gasteiger partial charge in [0.2, 0.25) is 0 Å². The number of hydrogen-bond donors (Lipinski definition) is 2. The first kappa shape index (κ1) is 15.4. The van der Waals surface area contributed by atoms with Crippen molar-refractivity contribution in [2.45, 2.75) is 26.8 Å². The number of hydrogen-bond acceptors (Lipinski definition) is 4. The Labute approximate surface area is 132 Å². The number of aromatic nitrogens is 2. The molecule has 0 saturated heterocycles. The van der Waals surface area contributed by atoms with Gasteiger partial charge in [-0.05, 0) is 44.5 Å². The second kappa shape index (κ2) is 6.67. The predicted molar refractivity (Wildman–Crippen MR) is 86.8 cm³/mol. The molecule has 6 heteroatoms. The maximum atomic E-state index is 11.8. The van der Waals surface area contributed by atoms with E-state index in [-0.39, 0.29) is 11.9 Å². The van der Waals surface area contributed by atoms with Crippen molar-refractivity contribution in [1.82, 2.24) is 15.3 Å². The summed E-state index contributed by atoms with van der Waals surface area (Å²) in [6.45, 7) is 5.81. The van der Waals surface area contributed by atoms with Gasteiger partial charge >= 0.3 is 0 Å². The molecule has 0 aliphatic heterocycles. The summed E-state index contributed by atoms with van der Waals surface area (Å²) < 4.78 is 1.03. The molecule has 1 aromatic heterocycles. The highest BCUT2D eigenvalue weighted by atomic mass is 79.9. The standard InChI is InChI=1S/C15H17BrN4O/c1-9(2)19-15(21)13-7-18-14(8-17-13)20-12-5-4-11(16)6-10(12)3/h4-9H,1-3H3,(H,18,20)(H,19,21). The van der Waals surface area contributed by atoms with Gasteiger partial charge in [0, 0.05) is 16.2 Å². The predicted octanol–water partition coefficient (Wildman–Crippen LogP) is 3.43. The van der Waals surface area contributed by atoms with Crippen LogP contribution >= 0.6 is 15.9 Å². The van der Waals surface area contributed by atoms with E-state index in [1.807, 2.05) is 39.0 Å². The zero-order valence-corrected chi connectivity index (χ0v) is 13.7. The summed E-state index contributed by atoms with van der Waals surface area (Å²) >= 11 is 3.43. The van der Waals surface area contributed by atoms with Crippen LogP contribution in [0.1, 0.15) is 29.9 Å². The molecule has 110 valence electrons. The topological polar surface area (TPSA) is 66.9 Å². The number of nitrogens with zero attached hydrogens (tertiary/aromatic N) is 2. The quantitative estimate of drug-likeness (QED) is 0.888. The fourth-order valence-corrected chi connectivity index (χ4v) is 2.23. The van der Waals surface area contributed by atoms with E-state index in [4.69, 9.17) is 0 Å². The molecular weight excluding hydrogens is 332 g/mol. The first-order chi connectivity index (χ1) is 9.95. The maximum absolute atomic E-state index is 11.8. The minimum atomic E-state index is -0.219. The van der Waals surface area contributed by atoms with Crippen LogP contribution in [-0.4, -0.2) is 21.9 Å². The molecule has 2 N–H and O–H groups in total. The molecule has 1 amide bonds. The number of rotatable bonds is 4. The molecule has 0 bridgehead atoms. The van der Waals surface area contributed by atoms with Crippen LogP contribution in [0.3, 0.4) is 0 Å². The number of aryl methyl sites for hydroxylation is 1. The number of nitrogens with one attached hydrogen (secondary N) is 2. The molecule has 2 aromatic rings. The van der Waals surface area contributed by atoms with E-state index in [9.17, 15) is 4.79 Å². The highest BCUT2D eigenvalue weighted by Gasteiger charge is 2.09. The third kappa shape index (κ3) is 4.26. The van der Waals surface area contributed by atoms with Crippen LogP contribution in [0.2, 0.25) is 0 Å². The van der Waals surface area contributed by atoms with Crippen molar-refractivity contribution >= 4 is 33.3 Å². The third-order valence-corrected chi connectivity index (χ3v) is 3.25. The zero-order valence-electron chi connectivity index (χ0n) is 12.1. The van der Waals surface area contributed by atoms with Gasteiger partial charge in [-0.2, -0.15) is 0 Å². The fraction of sp³-hybridized carbons (Fsp3) is 0.267. The molecule has 0 atom stereocenters. The lowest BCUT2D eigenvalue weighted by atomic mass is 10.2. The number of halogens is 1. The van der Waals surface area contributed by atoms with Crippen molar-refractivity contribution in [1.29, 1.82) is 0 Å². The number of amides is 1. The Hall–Kier alpha value is -1.95. The first-order valence-electron chi connectivity index (χ1n) is 6.62. The highest BCUT2D eigenvalue weighted by molar-refractivity contribution is 9.10. The monoisotopic (exact) mass is 348 g/mol. The largest absolute Gasteiger partial charge is 0.348 e. The Bertz CT molecular complexity index is 641. The van der Waals surface area contributed by atoms with Gasteiger partial charge in [-0.15, -0.1) is 0 Å². The van der Waals surface area contributed by atoms with E-state index in [1.54, 1.807) is 6.20 Å². The molecule has 21 heavy (non-hydrogen) atoms. The summed E-state index contributed by atoms with van der Waals surface area (Å²) in [7, 11) is 0. The van der Waals surface area contributed by atoms with Crippen LogP contribution in [0.4, 0.5) is 11.5 Å². The van der Waals surface area contributed by atoms with Crippen molar-refractivity contribution in [3.05, 3.63) is 46.3 Å². The van der Waals surface area contributed by atoms with Gasteiger partial charge in [-0.25, -0.2) is 9.97 Å². The van der Waals surface area contributed by atoms with Crippen LogP contribution in [-0.2, 0) is 0 Å².